The van der Waals surface area contributed by atoms with Gasteiger partial charge in [-0.1, -0.05) is 18.2 Å². The van der Waals surface area contributed by atoms with Gasteiger partial charge in [0.15, 0.2) is 16.8 Å². The molecule has 3 aromatic carbocycles. The average molecular weight is 642 g/mol. The number of carboxylic acids is 2. The maximum Gasteiger partial charge on any atom is 0.323 e. The standard InChI is InChI=1S/C34H31N3O10/c1-19-3-4-20(2)27(13-19)45-11-12-46-29-14-21(5-9-25(29)37(17-30(40)41)18-31(42)43)16-35-34(44)32-26(39)10-8-24-33(32)47-28-15-22(38)6-7-23(28)36-24/h3-10,13-15,38H,11-12,16-18H2,1-2H3,(H,35,44)(H,40,41)(H,42,43). The van der Waals surface area contributed by atoms with E-state index in [0.29, 0.717) is 16.8 Å². The number of fused-ring (bicyclic) bond motifs is 2. The second-order valence-electron chi connectivity index (χ2n) is 10.7. The van der Waals surface area contributed by atoms with Crippen molar-refractivity contribution in [2.75, 3.05) is 31.2 Å². The minimum atomic E-state index is -1.24. The first-order chi connectivity index (χ1) is 22.5. The van der Waals surface area contributed by atoms with Crippen molar-refractivity contribution in [2.45, 2.75) is 20.4 Å². The Morgan fingerprint density at radius 2 is 1.60 bits per heavy atom. The normalized spacial score (nSPS) is 10.9. The molecule has 0 atom stereocenters. The van der Waals surface area contributed by atoms with Gasteiger partial charge < -0.3 is 39.4 Å². The van der Waals surface area contributed by atoms with Crippen molar-refractivity contribution in [2.24, 2.45) is 0 Å². The predicted octanol–water partition coefficient (Wildman–Crippen LogP) is 3.98. The molecule has 1 aliphatic carbocycles. The van der Waals surface area contributed by atoms with Crippen LogP contribution in [0.3, 0.4) is 0 Å². The molecule has 0 spiro atoms. The van der Waals surface area contributed by atoms with E-state index in [1.54, 1.807) is 18.2 Å². The molecular formula is C34H31N3O10. The van der Waals surface area contributed by atoms with Gasteiger partial charge in [0.05, 0.1) is 5.69 Å². The third kappa shape index (κ3) is 7.76. The van der Waals surface area contributed by atoms with Crippen molar-refractivity contribution in [1.82, 2.24) is 10.3 Å². The van der Waals surface area contributed by atoms with Crippen molar-refractivity contribution in [3.8, 4) is 28.7 Å². The fourth-order valence-electron chi connectivity index (χ4n) is 4.91. The lowest BCUT2D eigenvalue weighted by Gasteiger charge is -2.24. The molecule has 3 aromatic rings. The van der Waals surface area contributed by atoms with Crippen LogP contribution in [0.25, 0.3) is 22.6 Å². The summed E-state index contributed by atoms with van der Waals surface area (Å²) in [5, 5.41) is 31.4. The minimum Gasteiger partial charge on any atom is -0.508 e. The first kappa shape index (κ1) is 32.3. The van der Waals surface area contributed by atoms with Gasteiger partial charge in [-0.3, -0.25) is 19.2 Å². The Hall–Kier alpha value is -6.11. The summed E-state index contributed by atoms with van der Waals surface area (Å²) in [6, 6.07) is 17.4. The van der Waals surface area contributed by atoms with Crippen molar-refractivity contribution in [1.29, 1.82) is 0 Å². The number of carboxylic acid groups (broad SMARTS) is 2. The number of amides is 1. The Morgan fingerprint density at radius 3 is 2.32 bits per heavy atom. The molecule has 13 nitrogen and oxygen atoms in total. The van der Waals surface area contributed by atoms with Gasteiger partial charge in [-0.2, -0.15) is 0 Å². The van der Waals surface area contributed by atoms with E-state index in [1.165, 1.54) is 30.3 Å². The van der Waals surface area contributed by atoms with E-state index in [-0.39, 0.29) is 59.5 Å². The Bertz CT molecular complexity index is 1990. The highest BCUT2D eigenvalue weighted by Gasteiger charge is 2.24. The predicted molar refractivity (Wildman–Crippen MR) is 171 cm³/mol. The third-order valence-electron chi connectivity index (χ3n) is 7.13. The molecular weight excluding hydrogens is 610 g/mol. The van der Waals surface area contributed by atoms with Crippen LogP contribution in [0.2, 0.25) is 0 Å². The number of ether oxygens (including phenoxy) is 2. The minimum absolute atomic E-state index is 0.0394. The third-order valence-corrected chi connectivity index (χ3v) is 7.13. The molecule has 0 saturated carbocycles. The molecule has 1 heterocycles. The summed E-state index contributed by atoms with van der Waals surface area (Å²) in [5.74, 6) is -2.48. The van der Waals surface area contributed by atoms with Crippen molar-refractivity contribution in [3.63, 3.8) is 0 Å². The number of aromatic hydroxyl groups is 1. The van der Waals surface area contributed by atoms with Crippen LogP contribution in [-0.4, -0.2) is 64.5 Å². The molecule has 0 radical (unpaired) electrons. The smallest absolute Gasteiger partial charge is 0.323 e. The van der Waals surface area contributed by atoms with Crippen LogP contribution < -0.4 is 25.1 Å². The van der Waals surface area contributed by atoms with Gasteiger partial charge in [0.25, 0.3) is 5.91 Å². The number of benzene rings is 4. The largest absolute Gasteiger partial charge is 0.508 e. The van der Waals surface area contributed by atoms with Crippen LogP contribution in [0.4, 0.5) is 5.69 Å². The first-order valence-corrected chi connectivity index (χ1v) is 14.5. The second-order valence-corrected chi connectivity index (χ2v) is 10.7. The molecule has 5 rings (SSSR count). The number of phenolic OH excluding ortho intramolecular Hbond substituents is 1. The summed E-state index contributed by atoms with van der Waals surface area (Å²) in [4.78, 5) is 54.8. The second kappa shape index (κ2) is 13.9. The maximum atomic E-state index is 13.3. The summed E-state index contributed by atoms with van der Waals surface area (Å²) in [6.07, 6.45) is 0. The molecule has 0 aromatic heterocycles. The van der Waals surface area contributed by atoms with Gasteiger partial charge in [0.1, 0.15) is 60.3 Å². The van der Waals surface area contributed by atoms with Gasteiger partial charge in [0.2, 0.25) is 0 Å². The summed E-state index contributed by atoms with van der Waals surface area (Å²) < 4.78 is 17.7. The molecule has 242 valence electrons. The Balaban J connectivity index is 1.38. The number of carbonyl (C=O) groups is 3. The van der Waals surface area contributed by atoms with E-state index in [1.807, 2.05) is 32.0 Å². The lowest BCUT2D eigenvalue weighted by molar-refractivity contribution is -0.136. The van der Waals surface area contributed by atoms with Crippen molar-refractivity contribution in [3.05, 3.63) is 99.2 Å². The Labute approximate surface area is 268 Å². The molecule has 1 amide bonds. The number of aryl methyl sites for hydroxylation is 2. The number of nitrogens with zero attached hydrogens (tertiary/aromatic N) is 2. The SMILES string of the molecule is Cc1ccc(C)c(OCCOc2cc(CNC(=O)c3c4oc5cc(O)ccc5nc-4ccc3=O)ccc2N(CC(=O)O)CC(=O)O)c1. The number of phenols is 1. The molecule has 4 N–H and O–H groups in total. The maximum absolute atomic E-state index is 13.3. The summed E-state index contributed by atoms with van der Waals surface area (Å²) in [7, 11) is 0. The van der Waals surface area contributed by atoms with E-state index in [2.05, 4.69) is 10.3 Å². The summed E-state index contributed by atoms with van der Waals surface area (Å²) in [5.41, 5.74) is 2.69. The monoisotopic (exact) mass is 641 g/mol. The molecule has 0 unspecified atom stereocenters. The van der Waals surface area contributed by atoms with Crippen LogP contribution in [0.5, 0.6) is 17.2 Å². The van der Waals surface area contributed by atoms with Gasteiger partial charge in [-0.25, -0.2) is 4.98 Å². The van der Waals surface area contributed by atoms with Crippen molar-refractivity contribution < 1.29 is 43.6 Å². The fourth-order valence-corrected chi connectivity index (χ4v) is 4.91. The number of nitrogens with one attached hydrogen (secondary N) is 1. The number of carbonyl (C=O) groups excluding carboxylic acids is 1. The number of aliphatic carboxylic acids is 2. The zero-order chi connectivity index (χ0) is 33.7. The first-order valence-electron chi connectivity index (χ1n) is 14.5. The number of hydrogen-bond acceptors (Lipinski definition) is 10. The summed E-state index contributed by atoms with van der Waals surface area (Å²) in [6.45, 7) is 2.74. The molecule has 0 bridgehead atoms. The highest BCUT2D eigenvalue weighted by atomic mass is 16.5. The lowest BCUT2D eigenvalue weighted by Crippen LogP contribution is -2.35. The van der Waals surface area contributed by atoms with Crippen LogP contribution in [0, 0.1) is 13.8 Å². The molecule has 0 fully saturated rings. The molecule has 47 heavy (non-hydrogen) atoms. The lowest BCUT2D eigenvalue weighted by atomic mass is 10.1. The van der Waals surface area contributed by atoms with Gasteiger partial charge in [-0.05, 0) is 73.0 Å². The number of rotatable bonds is 13. The highest BCUT2D eigenvalue weighted by molar-refractivity contribution is 6.00. The van der Waals surface area contributed by atoms with Crippen LogP contribution in [-0.2, 0) is 16.1 Å². The molecule has 13 heteroatoms. The van der Waals surface area contributed by atoms with Crippen molar-refractivity contribution >= 4 is 34.6 Å². The van der Waals surface area contributed by atoms with Crippen LogP contribution in [0.1, 0.15) is 27.0 Å². The number of aromatic nitrogens is 1. The molecule has 2 aliphatic rings. The zero-order valence-corrected chi connectivity index (χ0v) is 25.5. The van der Waals surface area contributed by atoms with Gasteiger partial charge in [0, 0.05) is 12.6 Å². The number of hydrogen-bond donors (Lipinski definition) is 4. The van der Waals surface area contributed by atoms with E-state index in [9.17, 15) is 34.5 Å². The van der Waals surface area contributed by atoms with E-state index in [0.717, 1.165) is 16.0 Å². The average Bonchev–Trinajstić information content (AvgIpc) is 3.02. The van der Waals surface area contributed by atoms with E-state index >= 15 is 0 Å². The Kier molecular flexibility index (Phi) is 9.55. The fraction of sp³-hybridized carbons (Fsp3) is 0.206. The van der Waals surface area contributed by atoms with Crippen LogP contribution >= 0.6 is 0 Å². The van der Waals surface area contributed by atoms with E-state index < -0.39 is 36.4 Å². The molecule has 1 aliphatic heterocycles. The van der Waals surface area contributed by atoms with Crippen LogP contribution in [0.15, 0.2) is 75.9 Å². The van der Waals surface area contributed by atoms with Gasteiger partial charge >= 0.3 is 11.9 Å². The topological polar surface area (TPSA) is 189 Å². The Morgan fingerprint density at radius 1 is 0.872 bits per heavy atom. The van der Waals surface area contributed by atoms with Gasteiger partial charge in [-0.15, -0.1) is 0 Å². The van der Waals surface area contributed by atoms with E-state index in [4.69, 9.17) is 13.9 Å². The highest BCUT2D eigenvalue weighted by Crippen LogP contribution is 2.31. The number of anilines is 1. The zero-order valence-electron chi connectivity index (χ0n) is 25.5. The summed E-state index contributed by atoms with van der Waals surface area (Å²) >= 11 is 0. The quantitative estimate of drug-likeness (QED) is 0.107. The molecule has 0 saturated heterocycles.